The molecule has 1 saturated heterocycles. The highest BCUT2D eigenvalue weighted by atomic mass is 16.5. The minimum absolute atomic E-state index is 0.126. The summed E-state index contributed by atoms with van der Waals surface area (Å²) < 4.78 is 5.72. The summed E-state index contributed by atoms with van der Waals surface area (Å²) in [6.07, 6.45) is 0. The fraction of sp³-hybridized carbons (Fsp3) is 0.407. The zero-order chi connectivity index (χ0) is 24.0. The van der Waals surface area contributed by atoms with Gasteiger partial charge >= 0.3 is 0 Å². The van der Waals surface area contributed by atoms with Gasteiger partial charge in [-0.1, -0.05) is 58.0 Å². The predicted molar refractivity (Wildman–Crippen MR) is 130 cm³/mol. The molecule has 6 nitrogen and oxygen atoms in total. The molecule has 3 rings (SSSR count). The molecule has 1 aliphatic heterocycles. The molecular formula is C27H34N2O4. The minimum Gasteiger partial charge on any atom is -0.507 e. The SMILES string of the molecule is CCN(CC)CCN1C(=O)C(=O)/C(=C(\O)c2ccc(OCC(C)C)cc2)C1c1ccccc1. The Morgan fingerprint density at radius 2 is 1.67 bits per heavy atom. The highest BCUT2D eigenvalue weighted by molar-refractivity contribution is 6.46. The molecule has 1 atom stereocenters. The number of amides is 1. The fourth-order valence-electron chi connectivity index (χ4n) is 4.01. The largest absolute Gasteiger partial charge is 0.507 e. The number of ether oxygens (including phenoxy) is 1. The molecule has 1 unspecified atom stereocenters. The van der Waals surface area contributed by atoms with Gasteiger partial charge in [-0.05, 0) is 48.8 Å². The van der Waals surface area contributed by atoms with Gasteiger partial charge in [-0.2, -0.15) is 0 Å². The highest BCUT2D eigenvalue weighted by Crippen LogP contribution is 2.39. The van der Waals surface area contributed by atoms with E-state index in [1.54, 1.807) is 29.2 Å². The third-order valence-electron chi connectivity index (χ3n) is 5.92. The van der Waals surface area contributed by atoms with Crippen LogP contribution in [0.15, 0.2) is 60.2 Å². The van der Waals surface area contributed by atoms with Crippen molar-refractivity contribution in [3.05, 3.63) is 71.3 Å². The maximum absolute atomic E-state index is 13.1. The monoisotopic (exact) mass is 450 g/mol. The van der Waals surface area contributed by atoms with Crippen molar-refractivity contribution in [1.29, 1.82) is 0 Å². The Kier molecular flexibility index (Phi) is 8.28. The van der Waals surface area contributed by atoms with Crippen molar-refractivity contribution in [2.45, 2.75) is 33.7 Å². The Morgan fingerprint density at radius 1 is 1.03 bits per heavy atom. The lowest BCUT2D eigenvalue weighted by Gasteiger charge is -2.28. The summed E-state index contributed by atoms with van der Waals surface area (Å²) >= 11 is 0. The van der Waals surface area contributed by atoms with Gasteiger partial charge in [0.25, 0.3) is 11.7 Å². The summed E-state index contributed by atoms with van der Waals surface area (Å²) in [7, 11) is 0. The summed E-state index contributed by atoms with van der Waals surface area (Å²) in [5.74, 6) is -0.297. The number of aliphatic hydroxyl groups excluding tert-OH is 1. The number of likely N-dealkylation sites (tertiary alicyclic amines) is 1. The molecule has 0 aromatic heterocycles. The van der Waals surface area contributed by atoms with Crippen LogP contribution in [-0.2, 0) is 9.59 Å². The number of rotatable bonds is 10. The van der Waals surface area contributed by atoms with Crippen molar-refractivity contribution in [3.63, 3.8) is 0 Å². The smallest absolute Gasteiger partial charge is 0.295 e. The van der Waals surface area contributed by atoms with E-state index in [1.807, 2.05) is 30.3 Å². The average Bonchev–Trinajstić information content (AvgIpc) is 3.08. The Balaban J connectivity index is 1.98. The van der Waals surface area contributed by atoms with Gasteiger partial charge in [0.05, 0.1) is 18.2 Å². The number of nitrogens with zero attached hydrogens (tertiary/aromatic N) is 2. The number of hydrogen-bond acceptors (Lipinski definition) is 5. The first kappa shape index (κ1) is 24.5. The lowest BCUT2D eigenvalue weighted by Crippen LogP contribution is -2.38. The van der Waals surface area contributed by atoms with E-state index in [-0.39, 0.29) is 11.3 Å². The molecule has 1 amide bonds. The van der Waals surface area contributed by atoms with Crippen LogP contribution in [0.2, 0.25) is 0 Å². The molecule has 2 aromatic rings. The van der Waals surface area contributed by atoms with E-state index in [2.05, 4.69) is 32.6 Å². The summed E-state index contributed by atoms with van der Waals surface area (Å²) in [6, 6.07) is 15.8. The number of aliphatic hydroxyl groups is 1. The van der Waals surface area contributed by atoms with Gasteiger partial charge in [0.2, 0.25) is 0 Å². The Hall–Kier alpha value is -3.12. The molecule has 0 spiro atoms. The van der Waals surface area contributed by atoms with Crippen LogP contribution >= 0.6 is 0 Å². The first-order valence-corrected chi connectivity index (χ1v) is 11.7. The standard InChI is InChI=1S/C27H34N2O4/c1-5-28(6-2)16-17-29-24(20-10-8-7-9-11-20)23(26(31)27(29)32)25(30)21-12-14-22(15-13-21)33-18-19(3)4/h7-15,19,24,30H,5-6,16-18H2,1-4H3/b25-23-. The van der Waals surface area contributed by atoms with Gasteiger partial charge in [-0.15, -0.1) is 0 Å². The number of carbonyl (C=O) groups is 2. The second-order valence-electron chi connectivity index (χ2n) is 8.66. The second-order valence-corrected chi connectivity index (χ2v) is 8.66. The van der Waals surface area contributed by atoms with Gasteiger partial charge < -0.3 is 19.6 Å². The topological polar surface area (TPSA) is 70.1 Å². The van der Waals surface area contributed by atoms with Gasteiger partial charge in [-0.3, -0.25) is 9.59 Å². The molecule has 0 bridgehead atoms. The van der Waals surface area contributed by atoms with E-state index in [9.17, 15) is 14.7 Å². The van der Waals surface area contributed by atoms with E-state index in [4.69, 9.17) is 4.74 Å². The summed E-state index contributed by atoms with van der Waals surface area (Å²) in [5.41, 5.74) is 1.41. The number of Topliss-reactive ketones (excluding diaryl/α,β-unsaturated/α-hetero) is 1. The van der Waals surface area contributed by atoms with Crippen molar-refractivity contribution in [1.82, 2.24) is 9.80 Å². The Labute approximate surface area is 196 Å². The van der Waals surface area contributed by atoms with Crippen molar-refractivity contribution in [2.24, 2.45) is 5.92 Å². The lowest BCUT2D eigenvalue weighted by atomic mass is 9.95. The number of ketones is 1. The van der Waals surface area contributed by atoms with Crippen LogP contribution in [0.5, 0.6) is 5.75 Å². The molecule has 0 saturated carbocycles. The van der Waals surface area contributed by atoms with Crippen LogP contribution in [0, 0.1) is 5.92 Å². The molecule has 2 aromatic carbocycles. The van der Waals surface area contributed by atoms with Crippen molar-refractivity contribution < 1.29 is 19.4 Å². The van der Waals surface area contributed by atoms with Gasteiger partial charge in [0.1, 0.15) is 11.5 Å². The zero-order valence-corrected chi connectivity index (χ0v) is 20.0. The Morgan fingerprint density at radius 3 is 2.24 bits per heavy atom. The van der Waals surface area contributed by atoms with E-state index in [1.165, 1.54) is 0 Å². The Bertz CT molecular complexity index is 979. The number of carbonyl (C=O) groups excluding carboxylic acids is 2. The van der Waals surface area contributed by atoms with E-state index in [0.29, 0.717) is 36.9 Å². The van der Waals surface area contributed by atoms with Gasteiger partial charge in [0, 0.05) is 18.7 Å². The second kappa shape index (κ2) is 11.1. The predicted octanol–water partition coefficient (Wildman–Crippen LogP) is 4.48. The number of hydrogen-bond donors (Lipinski definition) is 1. The fourth-order valence-corrected chi connectivity index (χ4v) is 4.01. The third kappa shape index (κ3) is 5.63. The van der Waals surface area contributed by atoms with Crippen molar-refractivity contribution in [3.8, 4) is 5.75 Å². The van der Waals surface area contributed by atoms with Crippen LogP contribution in [0.4, 0.5) is 0 Å². The van der Waals surface area contributed by atoms with Crippen LogP contribution in [0.1, 0.15) is 44.9 Å². The minimum atomic E-state index is -0.652. The van der Waals surface area contributed by atoms with E-state index >= 15 is 0 Å². The first-order chi connectivity index (χ1) is 15.9. The summed E-state index contributed by atoms with van der Waals surface area (Å²) in [5, 5.41) is 11.2. The number of likely N-dealkylation sites (N-methyl/N-ethyl adjacent to an activating group) is 1. The quantitative estimate of drug-likeness (QED) is 0.328. The average molecular weight is 451 g/mol. The summed E-state index contributed by atoms with van der Waals surface area (Å²) in [4.78, 5) is 29.9. The third-order valence-corrected chi connectivity index (χ3v) is 5.92. The maximum Gasteiger partial charge on any atom is 0.295 e. The lowest BCUT2D eigenvalue weighted by molar-refractivity contribution is -0.140. The maximum atomic E-state index is 13.1. The molecule has 1 N–H and O–H groups in total. The first-order valence-electron chi connectivity index (χ1n) is 11.7. The molecule has 176 valence electrons. The molecule has 33 heavy (non-hydrogen) atoms. The molecule has 1 heterocycles. The van der Waals surface area contributed by atoms with E-state index in [0.717, 1.165) is 18.7 Å². The van der Waals surface area contributed by atoms with Crippen molar-refractivity contribution >= 4 is 17.4 Å². The zero-order valence-electron chi connectivity index (χ0n) is 20.0. The van der Waals surface area contributed by atoms with Gasteiger partial charge in [-0.25, -0.2) is 0 Å². The van der Waals surface area contributed by atoms with Crippen LogP contribution < -0.4 is 4.74 Å². The summed E-state index contributed by atoms with van der Waals surface area (Å²) in [6.45, 7) is 11.7. The van der Waals surface area contributed by atoms with Crippen molar-refractivity contribution in [2.75, 3.05) is 32.8 Å². The molecule has 0 aliphatic carbocycles. The van der Waals surface area contributed by atoms with Crippen LogP contribution in [0.25, 0.3) is 5.76 Å². The molecular weight excluding hydrogens is 416 g/mol. The normalized spacial score (nSPS) is 17.9. The molecule has 1 fully saturated rings. The van der Waals surface area contributed by atoms with E-state index < -0.39 is 17.7 Å². The molecule has 0 radical (unpaired) electrons. The van der Waals surface area contributed by atoms with Gasteiger partial charge in [0.15, 0.2) is 0 Å². The number of benzene rings is 2. The highest BCUT2D eigenvalue weighted by Gasteiger charge is 2.45. The molecule has 1 aliphatic rings. The molecule has 6 heteroatoms. The van der Waals surface area contributed by atoms with Crippen LogP contribution in [-0.4, -0.2) is 59.4 Å². The van der Waals surface area contributed by atoms with Crippen LogP contribution in [0.3, 0.4) is 0 Å².